The molecule has 2 aliphatic rings. The Morgan fingerprint density at radius 2 is 1.10 bits per heavy atom. The second kappa shape index (κ2) is 24.3. The van der Waals surface area contributed by atoms with Crippen LogP contribution in [0, 0.1) is 0 Å². The number of nitrogens with two attached hydrogens (primary N) is 2. The Morgan fingerprint density at radius 1 is 0.548 bits per heavy atom. The lowest BCUT2D eigenvalue weighted by molar-refractivity contribution is 0.434. The average Bonchev–Trinajstić information content (AvgIpc) is 3.33. The Morgan fingerprint density at radius 3 is 1.77 bits per heavy atom. The number of para-hydroxylation sites is 3. The number of thiol groups is 1. The summed E-state index contributed by atoms with van der Waals surface area (Å²) in [7, 11) is 1.50. The molecule has 1 spiro atoms. The van der Waals surface area contributed by atoms with Gasteiger partial charge in [0.25, 0.3) is 0 Å². The predicted molar refractivity (Wildman–Crippen MR) is 272 cm³/mol. The summed E-state index contributed by atoms with van der Waals surface area (Å²) in [4.78, 5) is 0. The minimum atomic E-state index is -0.726. The Bertz CT molecular complexity index is 2500. The van der Waals surface area contributed by atoms with E-state index in [0.29, 0.717) is 0 Å². The maximum Gasteiger partial charge on any atom is 0.132 e. The molecule has 1 heterocycles. The molecule has 8 rings (SSSR count). The van der Waals surface area contributed by atoms with Gasteiger partial charge in [-0.05, 0) is 108 Å². The summed E-state index contributed by atoms with van der Waals surface area (Å²) in [6, 6.07) is 53.4. The van der Waals surface area contributed by atoms with Gasteiger partial charge in [-0.15, -0.1) is 0 Å². The zero-order chi connectivity index (χ0) is 44.0. The highest BCUT2D eigenvalue weighted by Gasteiger charge is 2.45. The van der Waals surface area contributed by atoms with E-state index >= 15 is 0 Å². The second-order valence-electron chi connectivity index (χ2n) is 14.1. The Hall–Kier alpha value is -7.05. The summed E-state index contributed by atoms with van der Waals surface area (Å²) in [6.45, 7) is 9.41. The molecule has 5 heteroatoms. The highest BCUT2D eigenvalue weighted by Crippen LogP contribution is 2.55. The van der Waals surface area contributed by atoms with Crippen molar-refractivity contribution >= 4 is 30.1 Å². The zero-order valence-electron chi connectivity index (χ0n) is 35.7. The first-order chi connectivity index (χ1) is 30.5. The van der Waals surface area contributed by atoms with Gasteiger partial charge in [0.15, 0.2) is 0 Å². The summed E-state index contributed by atoms with van der Waals surface area (Å²) in [6.07, 6.45) is 26.7. The summed E-state index contributed by atoms with van der Waals surface area (Å²) < 4.78 is 6.43. The van der Waals surface area contributed by atoms with Gasteiger partial charge in [0, 0.05) is 28.2 Å². The number of anilines is 2. The van der Waals surface area contributed by atoms with Crippen LogP contribution in [0.2, 0.25) is 0 Å². The van der Waals surface area contributed by atoms with Gasteiger partial charge in [-0.25, -0.2) is 0 Å². The van der Waals surface area contributed by atoms with Crippen molar-refractivity contribution in [3.8, 4) is 22.6 Å². The number of aryl methyl sites for hydroxylation is 1. The molecule has 1 aliphatic carbocycles. The van der Waals surface area contributed by atoms with Gasteiger partial charge >= 0.3 is 0 Å². The number of ether oxygens (including phenoxy) is 1. The maximum absolute atomic E-state index is 6.43. The lowest BCUT2D eigenvalue weighted by atomic mass is 9.63. The lowest BCUT2D eigenvalue weighted by Gasteiger charge is -2.42. The number of hydrogen-bond donors (Lipinski definition) is 4. The molecule has 0 atom stereocenters. The maximum atomic E-state index is 6.43. The molecule has 1 aliphatic heterocycles. The van der Waals surface area contributed by atoms with Crippen molar-refractivity contribution in [3.05, 3.63) is 271 Å². The van der Waals surface area contributed by atoms with Crippen LogP contribution >= 0.6 is 12.6 Å². The Balaban J connectivity index is 0.000000359. The highest BCUT2D eigenvalue weighted by molar-refractivity contribution is 7.79. The van der Waals surface area contributed by atoms with E-state index in [9.17, 15) is 0 Å². The number of benzene rings is 6. The molecule has 0 radical (unpaired) electrons. The topological polar surface area (TPSA) is 73.3 Å². The molecule has 6 aromatic rings. The fourth-order valence-electron chi connectivity index (χ4n) is 7.36. The van der Waals surface area contributed by atoms with Gasteiger partial charge in [-0.1, -0.05) is 189 Å². The first-order valence-corrected chi connectivity index (χ1v) is 21.6. The van der Waals surface area contributed by atoms with E-state index in [1.807, 2.05) is 91.0 Å². The SMILES string of the molecule is C=C1/C=C\c2ccccc2CC\C=C/C=C\C=C(Nc2ccccc2)/C=C/C=C/C(=C)C12c1ccccc1Oc1ccccc12.CN.CS.Nc1ccc(-c2ccccc2)cc1. The van der Waals surface area contributed by atoms with Crippen LogP contribution in [-0.2, 0) is 11.8 Å². The van der Waals surface area contributed by atoms with E-state index in [-0.39, 0.29) is 0 Å². The molecular formula is C57H57N3OS. The van der Waals surface area contributed by atoms with E-state index in [4.69, 9.17) is 23.6 Å². The van der Waals surface area contributed by atoms with Crippen LogP contribution in [-0.4, -0.2) is 13.3 Å². The summed E-state index contributed by atoms with van der Waals surface area (Å²) in [5.41, 5.74) is 21.0. The number of nitrogens with one attached hydrogen (secondary N) is 1. The van der Waals surface area contributed by atoms with Crippen LogP contribution in [0.15, 0.2) is 248 Å². The molecule has 62 heavy (non-hydrogen) atoms. The number of allylic oxidation sites excluding steroid dienone is 12. The number of rotatable bonds is 3. The molecule has 0 saturated heterocycles. The molecule has 5 N–H and O–H groups in total. The largest absolute Gasteiger partial charge is 0.457 e. The summed E-state index contributed by atoms with van der Waals surface area (Å²) >= 11 is 3.53. The first-order valence-electron chi connectivity index (χ1n) is 20.7. The van der Waals surface area contributed by atoms with E-state index < -0.39 is 5.41 Å². The molecule has 0 aromatic heterocycles. The van der Waals surface area contributed by atoms with Gasteiger partial charge < -0.3 is 21.5 Å². The third-order valence-corrected chi connectivity index (χ3v) is 10.3. The molecule has 0 bridgehead atoms. The Kier molecular flexibility index (Phi) is 18.0. The van der Waals surface area contributed by atoms with E-state index in [0.717, 1.165) is 63.7 Å². The van der Waals surface area contributed by atoms with Crippen molar-refractivity contribution in [2.45, 2.75) is 18.3 Å². The van der Waals surface area contributed by atoms with E-state index in [1.54, 1.807) is 6.26 Å². The van der Waals surface area contributed by atoms with Crippen molar-refractivity contribution in [3.63, 3.8) is 0 Å². The molecule has 0 amide bonds. The number of hydrogen-bond acceptors (Lipinski definition) is 5. The van der Waals surface area contributed by atoms with Crippen molar-refractivity contribution in [1.29, 1.82) is 0 Å². The monoisotopic (exact) mass is 831 g/mol. The molecule has 4 nitrogen and oxygen atoms in total. The first kappa shape index (κ1) is 46.0. The van der Waals surface area contributed by atoms with Crippen molar-refractivity contribution < 1.29 is 4.74 Å². The van der Waals surface area contributed by atoms with Crippen LogP contribution in [0.3, 0.4) is 0 Å². The normalized spacial score (nSPS) is 17.3. The van der Waals surface area contributed by atoms with Crippen LogP contribution in [0.25, 0.3) is 17.2 Å². The molecule has 312 valence electrons. The van der Waals surface area contributed by atoms with E-state index in [1.165, 1.54) is 29.3 Å². The van der Waals surface area contributed by atoms with Gasteiger partial charge in [0.2, 0.25) is 0 Å². The minimum Gasteiger partial charge on any atom is -0.457 e. The summed E-state index contributed by atoms with van der Waals surface area (Å²) in [5, 5.41) is 3.52. The van der Waals surface area contributed by atoms with Gasteiger partial charge in [0.05, 0.1) is 5.41 Å². The molecule has 0 saturated carbocycles. The van der Waals surface area contributed by atoms with Gasteiger partial charge in [-0.3, -0.25) is 0 Å². The fourth-order valence-corrected chi connectivity index (χ4v) is 7.36. The molecule has 6 aromatic carbocycles. The third-order valence-electron chi connectivity index (χ3n) is 10.3. The van der Waals surface area contributed by atoms with E-state index in [2.05, 4.69) is 157 Å². The van der Waals surface area contributed by atoms with Crippen molar-refractivity contribution in [1.82, 2.24) is 0 Å². The standard InChI is InChI=1S/C43H37NO.C12H11N.CH5N.CH4S/c1-33-19-11-14-26-38(44-37-24-9-6-10-25-37)23-8-5-3-4-7-20-35-21-12-13-22-36(35)32-31-34(2)43(33)39-27-15-17-29-41(39)45-42-30-18-16-28-40(42)43;13-12-8-6-11(7-9-12)10-4-2-1-3-5-10;2*1-2/h3-6,8-19,21-32,44H,1-2,7,20H2;1-9H,13H2;2H2,1H3;2H,1H3/b4-3-,8-5-,19-11+,26-14+,32-31-,38-23+;;;. The van der Waals surface area contributed by atoms with Gasteiger partial charge in [0.1, 0.15) is 11.5 Å². The summed E-state index contributed by atoms with van der Waals surface area (Å²) in [5.74, 6) is 1.62. The number of nitrogen functional groups attached to an aromatic ring is 1. The minimum absolute atomic E-state index is 0.726. The molecule has 0 unspecified atom stereocenters. The molecular weight excluding hydrogens is 775 g/mol. The quantitative estimate of drug-likeness (QED) is 0.106. The third kappa shape index (κ3) is 11.8. The number of fused-ring (bicyclic) bond motifs is 5. The van der Waals surface area contributed by atoms with Crippen molar-refractivity contribution in [2.24, 2.45) is 5.73 Å². The van der Waals surface area contributed by atoms with Crippen LogP contribution in [0.1, 0.15) is 28.7 Å². The smallest absolute Gasteiger partial charge is 0.132 e. The Labute approximate surface area is 374 Å². The zero-order valence-corrected chi connectivity index (χ0v) is 36.6. The van der Waals surface area contributed by atoms with Crippen LogP contribution in [0.5, 0.6) is 11.5 Å². The average molecular weight is 832 g/mol. The van der Waals surface area contributed by atoms with Crippen LogP contribution < -0.4 is 21.5 Å². The second-order valence-corrected chi connectivity index (χ2v) is 14.1. The van der Waals surface area contributed by atoms with Crippen LogP contribution in [0.4, 0.5) is 11.4 Å². The highest BCUT2D eigenvalue weighted by atomic mass is 32.1. The predicted octanol–water partition coefficient (Wildman–Crippen LogP) is 14.1. The van der Waals surface area contributed by atoms with Gasteiger partial charge in [-0.2, -0.15) is 12.6 Å². The van der Waals surface area contributed by atoms with Crippen molar-refractivity contribution in [2.75, 3.05) is 24.4 Å². The fraction of sp³-hybridized carbons (Fsp3) is 0.0877. The molecule has 0 fully saturated rings. The lowest BCUT2D eigenvalue weighted by Crippen LogP contribution is -2.34.